The van der Waals surface area contributed by atoms with Crippen LogP contribution in [0.4, 0.5) is 0 Å². The minimum Gasteiger partial charge on any atom is -0.438 e. The van der Waals surface area contributed by atoms with E-state index in [0.29, 0.717) is 11.1 Å². The van der Waals surface area contributed by atoms with Crippen molar-refractivity contribution in [2.75, 3.05) is 0 Å². The first kappa shape index (κ1) is 13.8. The summed E-state index contributed by atoms with van der Waals surface area (Å²) >= 11 is 0. The van der Waals surface area contributed by atoms with Gasteiger partial charge in [-0.15, -0.1) is 0 Å². The van der Waals surface area contributed by atoms with Crippen LogP contribution in [0.3, 0.4) is 0 Å². The number of hydrogen-bond donors (Lipinski definition) is 1. The number of rotatable bonds is 4. The third kappa shape index (κ3) is 3.68. The van der Waals surface area contributed by atoms with Gasteiger partial charge in [0.2, 0.25) is 0 Å². The van der Waals surface area contributed by atoms with Gasteiger partial charge in [-0.05, 0) is 31.2 Å². The third-order valence-electron chi connectivity index (χ3n) is 2.66. The zero-order valence-corrected chi connectivity index (χ0v) is 11.1. The highest BCUT2D eigenvalue weighted by Crippen LogP contribution is 2.04. The van der Waals surface area contributed by atoms with Gasteiger partial charge in [0.1, 0.15) is 0 Å². The van der Waals surface area contributed by atoms with E-state index >= 15 is 0 Å². The summed E-state index contributed by atoms with van der Waals surface area (Å²) in [7, 11) is 0. The number of hydrogen-bond acceptors (Lipinski definition) is 3. The monoisotopic (exact) mass is 269 g/mol. The molecule has 0 aliphatic rings. The van der Waals surface area contributed by atoms with Crippen LogP contribution in [-0.4, -0.2) is 18.1 Å². The van der Waals surface area contributed by atoms with Crippen molar-refractivity contribution in [3.63, 3.8) is 0 Å². The summed E-state index contributed by atoms with van der Waals surface area (Å²) in [5.41, 5.74) is 0.975. The van der Waals surface area contributed by atoms with Crippen molar-refractivity contribution in [3.8, 4) is 0 Å². The average molecular weight is 269 g/mol. The summed E-state index contributed by atoms with van der Waals surface area (Å²) in [4.78, 5) is 23.7. The number of nitrogens with one attached hydrogen (secondary N) is 1. The number of amides is 1. The van der Waals surface area contributed by atoms with Gasteiger partial charge in [-0.25, -0.2) is 4.79 Å². The van der Waals surface area contributed by atoms with Crippen LogP contribution in [0.5, 0.6) is 0 Å². The number of ether oxygens (including phenoxy) is 1. The second-order valence-corrected chi connectivity index (χ2v) is 4.25. The fraction of sp³-hybridized carbons (Fsp3) is 0.125. The van der Waals surface area contributed by atoms with Gasteiger partial charge in [0, 0.05) is 5.56 Å². The summed E-state index contributed by atoms with van der Waals surface area (Å²) in [5.74, 6) is -0.745. The first-order valence-electron chi connectivity index (χ1n) is 6.29. The van der Waals surface area contributed by atoms with E-state index in [2.05, 4.69) is 5.32 Å². The van der Waals surface area contributed by atoms with Crippen LogP contribution in [-0.2, 0) is 4.74 Å². The summed E-state index contributed by atoms with van der Waals surface area (Å²) in [6.07, 6.45) is -0.699. The Bertz CT molecular complexity index is 528. The molecule has 0 aliphatic carbocycles. The lowest BCUT2D eigenvalue weighted by Gasteiger charge is -2.15. The Morgan fingerprint density at radius 2 is 1.40 bits per heavy atom. The van der Waals surface area contributed by atoms with Crippen molar-refractivity contribution in [2.45, 2.75) is 13.2 Å². The Morgan fingerprint density at radius 3 is 1.95 bits per heavy atom. The van der Waals surface area contributed by atoms with E-state index in [4.69, 9.17) is 4.74 Å². The van der Waals surface area contributed by atoms with E-state index in [-0.39, 0.29) is 5.91 Å². The Morgan fingerprint density at radius 1 is 0.900 bits per heavy atom. The van der Waals surface area contributed by atoms with Gasteiger partial charge < -0.3 is 10.1 Å². The van der Waals surface area contributed by atoms with Crippen LogP contribution in [0.15, 0.2) is 60.7 Å². The maximum atomic E-state index is 11.9. The second kappa shape index (κ2) is 6.52. The molecule has 0 aromatic heterocycles. The first-order chi connectivity index (χ1) is 9.66. The predicted molar refractivity (Wildman–Crippen MR) is 75.2 cm³/mol. The average Bonchev–Trinajstić information content (AvgIpc) is 2.49. The van der Waals surface area contributed by atoms with E-state index in [1.165, 1.54) is 0 Å². The number of benzene rings is 2. The minimum atomic E-state index is -0.699. The molecule has 2 aromatic carbocycles. The van der Waals surface area contributed by atoms with E-state index in [1.54, 1.807) is 55.5 Å². The quantitative estimate of drug-likeness (QED) is 0.685. The van der Waals surface area contributed by atoms with Crippen LogP contribution in [0.1, 0.15) is 27.6 Å². The molecular weight excluding hydrogens is 254 g/mol. The highest BCUT2D eigenvalue weighted by Gasteiger charge is 2.14. The Balaban J connectivity index is 1.91. The fourth-order valence-corrected chi connectivity index (χ4v) is 1.69. The highest BCUT2D eigenvalue weighted by molar-refractivity contribution is 5.94. The molecule has 0 aliphatic heterocycles. The molecule has 2 rings (SSSR count). The van der Waals surface area contributed by atoms with E-state index in [1.807, 2.05) is 12.1 Å². The summed E-state index contributed by atoms with van der Waals surface area (Å²) in [5, 5.41) is 2.61. The number of carbonyl (C=O) groups is 2. The molecule has 0 saturated carbocycles. The minimum absolute atomic E-state index is 0.279. The molecule has 1 N–H and O–H groups in total. The molecule has 0 saturated heterocycles. The molecule has 1 amide bonds. The molecule has 0 fully saturated rings. The van der Waals surface area contributed by atoms with Crippen molar-refractivity contribution >= 4 is 11.9 Å². The van der Waals surface area contributed by atoms with Crippen LogP contribution >= 0.6 is 0 Å². The molecular formula is C16H15NO3. The first-order valence-corrected chi connectivity index (χ1v) is 6.29. The molecule has 0 heterocycles. The molecule has 1 unspecified atom stereocenters. The third-order valence-corrected chi connectivity index (χ3v) is 2.66. The van der Waals surface area contributed by atoms with Crippen molar-refractivity contribution in [3.05, 3.63) is 71.8 Å². The maximum absolute atomic E-state index is 11.9. The molecule has 1 atom stereocenters. The smallest absolute Gasteiger partial charge is 0.340 e. The Hall–Kier alpha value is -2.62. The van der Waals surface area contributed by atoms with E-state index in [9.17, 15) is 9.59 Å². The van der Waals surface area contributed by atoms with E-state index < -0.39 is 12.2 Å². The summed E-state index contributed by atoms with van der Waals surface area (Å²) in [6.45, 7) is 1.61. The lowest BCUT2D eigenvalue weighted by atomic mass is 10.2. The van der Waals surface area contributed by atoms with Gasteiger partial charge in [-0.1, -0.05) is 36.4 Å². The Kier molecular flexibility index (Phi) is 4.50. The molecule has 2 aromatic rings. The fourth-order valence-electron chi connectivity index (χ4n) is 1.69. The van der Waals surface area contributed by atoms with Crippen LogP contribution in [0.25, 0.3) is 0 Å². The predicted octanol–water partition coefficient (Wildman–Crippen LogP) is 2.62. The van der Waals surface area contributed by atoms with Crippen molar-refractivity contribution in [1.29, 1.82) is 0 Å². The van der Waals surface area contributed by atoms with Crippen LogP contribution in [0, 0.1) is 0 Å². The van der Waals surface area contributed by atoms with E-state index in [0.717, 1.165) is 0 Å². The summed E-state index contributed by atoms with van der Waals surface area (Å²) in [6, 6.07) is 17.4. The topological polar surface area (TPSA) is 55.4 Å². The molecule has 0 radical (unpaired) electrons. The zero-order valence-electron chi connectivity index (χ0n) is 11.1. The lowest BCUT2D eigenvalue weighted by molar-refractivity contribution is 0.0264. The molecule has 4 heteroatoms. The largest absolute Gasteiger partial charge is 0.438 e. The van der Waals surface area contributed by atoms with Crippen LogP contribution < -0.4 is 5.32 Å². The Labute approximate surface area is 117 Å². The lowest BCUT2D eigenvalue weighted by Crippen LogP contribution is -2.36. The summed E-state index contributed by atoms with van der Waals surface area (Å²) < 4.78 is 5.16. The van der Waals surface area contributed by atoms with Crippen molar-refractivity contribution in [1.82, 2.24) is 5.32 Å². The molecule has 4 nitrogen and oxygen atoms in total. The van der Waals surface area contributed by atoms with Crippen molar-refractivity contribution < 1.29 is 14.3 Å². The van der Waals surface area contributed by atoms with Gasteiger partial charge in [0.05, 0.1) is 5.56 Å². The van der Waals surface area contributed by atoms with Gasteiger partial charge >= 0.3 is 5.97 Å². The SMILES string of the molecule is CC(NC(=O)c1ccccc1)OC(=O)c1ccccc1. The van der Waals surface area contributed by atoms with Crippen molar-refractivity contribution in [2.24, 2.45) is 0 Å². The standard InChI is InChI=1S/C16H15NO3/c1-12(17-15(18)13-8-4-2-5-9-13)20-16(19)14-10-6-3-7-11-14/h2-12H,1H3,(H,17,18). The number of carbonyl (C=O) groups excluding carboxylic acids is 2. The maximum Gasteiger partial charge on any atom is 0.340 e. The van der Waals surface area contributed by atoms with Gasteiger partial charge in [0.15, 0.2) is 6.23 Å². The molecule has 102 valence electrons. The number of esters is 1. The highest BCUT2D eigenvalue weighted by atomic mass is 16.6. The molecule has 20 heavy (non-hydrogen) atoms. The van der Waals surface area contributed by atoms with Gasteiger partial charge in [0.25, 0.3) is 5.91 Å². The second-order valence-electron chi connectivity index (χ2n) is 4.25. The molecule has 0 bridgehead atoms. The molecule has 0 spiro atoms. The van der Waals surface area contributed by atoms with Gasteiger partial charge in [-0.2, -0.15) is 0 Å². The van der Waals surface area contributed by atoms with Gasteiger partial charge in [-0.3, -0.25) is 4.79 Å². The zero-order chi connectivity index (χ0) is 14.4. The van der Waals surface area contributed by atoms with Crippen LogP contribution in [0.2, 0.25) is 0 Å². The normalized spacial score (nSPS) is 11.4.